The largest absolute Gasteiger partial charge is 0.496 e. The molecule has 0 spiro atoms. The minimum absolute atomic E-state index is 0.460. The van der Waals surface area contributed by atoms with E-state index in [4.69, 9.17) is 9.15 Å². The van der Waals surface area contributed by atoms with E-state index < -0.39 is 0 Å². The van der Waals surface area contributed by atoms with Gasteiger partial charge in [0.15, 0.2) is 18.0 Å². The van der Waals surface area contributed by atoms with Crippen LogP contribution in [-0.2, 0) is 0 Å². The highest BCUT2D eigenvalue weighted by atomic mass is 16.5. The first kappa shape index (κ1) is 19.0. The van der Waals surface area contributed by atoms with Gasteiger partial charge in [0.25, 0.3) is 0 Å². The number of benzene rings is 2. The summed E-state index contributed by atoms with van der Waals surface area (Å²) in [6, 6.07) is 15.6. The van der Waals surface area contributed by atoms with Crippen LogP contribution in [0.4, 0.5) is 17.6 Å². The molecule has 31 heavy (non-hydrogen) atoms. The molecule has 0 radical (unpaired) electrons. The third-order valence-corrected chi connectivity index (χ3v) is 5.07. The Morgan fingerprint density at radius 3 is 2.61 bits per heavy atom. The third kappa shape index (κ3) is 4.48. The van der Waals surface area contributed by atoms with E-state index in [0.29, 0.717) is 35.1 Å². The first-order chi connectivity index (χ1) is 15.3. The molecule has 1 aliphatic carbocycles. The quantitative estimate of drug-likeness (QED) is 0.426. The molecule has 0 aliphatic heterocycles. The lowest BCUT2D eigenvalue weighted by Crippen LogP contribution is -2.10. The Morgan fingerprint density at radius 1 is 1.03 bits per heavy atom. The Labute approximate surface area is 179 Å². The molecule has 8 heteroatoms. The van der Waals surface area contributed by atoms with E-state index in [1.54, 1.807) is 13.3 Å². The lowest BCUT2D eigenvalue weighted by Gasteiger charge is -2.12. The van der Waals surface area contributed by atoms with Gasteiger partial charge < -0.3 is 19.8 Å². The molecule has 4 aromatic rings. The summed E-state index contributed by atoms with van der Waals surface area (Å²) < 4.78 is 10.9. The van der Waals surface area contributed by atoms with Gasteiger partial charge in [-0.3, -0.25) is 0 Å². The monoisotopic (exact) mass is 414 g/mol. The van der Waals surface area contributed by atoms with Gasteiger partial charge in [-0.2, -0.15) is 15.0 Å². The van der Waals surface area contributed by atoms with Crippen molar-refractivity contribution in [2.45, 2.75) is 12.8 Å². The molecule has 1 fully saturated rings. The summed E-state index contributed by atoms with van der Waals surface area (Å²) in [7, 11) is 1.62. The van der Waals surface area contributed by atoms with E-state index in [-0.39, 0.29) is 0 Å². The van der Waals surface area contributed by atoms with Crippen molar-refractivity contribution in [3.05, 3.63) is 61.1 Å². The maximum Gasteiger partial charge on any atom is 0.232 e. The molecule has 0 bridgehead atoms. The van der Waals surface area contributed by atoms with Crippen molar-refractivity contribution in [3.8, 4) is 28.5 Å². The molecule has 8 nitrogen and oxygen atoms in total. The number of aromatic nitrogens is 4. The van der Waals surface area contributed by atoms with Gasteiger partial charge >= 0.3 is 0 Å². The molecular formula is C23H22N6O2. The van der Waals surface area contributed by atoms with E-state index in [1.165, 1.54) is 19.2 Å². The average Bonchev–Trinajstić information content (AvgIpc) is 3.49. The molecule has 0 saturated heterocycles. The normalized spacial score (nSPS) is 13.1. The Hall–Kier alpha value is -3.94. The van der Waals surface area contributed by atoms with E-state index >= 15 is 0 Å². The highest BCUT2D eigenvalue weighted by Crippen LogP contribution is 2.33. The number of oxazole rings is 1. The number of hydrogen-bond acceptors (Lipinski definition) is 8. The summed E-state index contributed by atoms with van der Waals surface area (Å²) in [6.45, 7) is 0.872. The maximum atomic E-state index is 5.54. The summed E-state index contributed by atoms with van der Waals surface area (Å²) in [4.78, 5) is 17.8. The standard InChI is InChI=1S/C23H22N6O2/c1-30-19-11-17(9-10-18(19)20-13-24-14-31-20)26-23-28-21(16-5-3-2-4-6-16)27-22(29-23)25-12-15-7-8-15/h2-6,9-11,13-15H,7-8,12H2,1H3,(H2,25,26,27,28,29). The zero-order valence-corrected chi connectivity index (χ0v) is 17.1. The number of methoxy groups -OCH3 is 1. The van der Waals surface area contributed by atoms with E-state index in [0.717, 1.165) is 23.4 Å². The SMILES string of the molecule is COc1cc(Nc2nc(NCC3CC3)nc(-c3ccccc3)n2)ccc1-c1cnco1. The van der Waals surface area contributed by atoms with Crippen LogP contribution in [0.5, 0.6) is 5.75 Å². The van der Waals surface area contributed by atoms with E-state index in [1.807, 2.05) is 48.5 Å². The van der Waals surface area contributed by atoms with Crippen molar-refractivity contribution in [1.29, 1.82) is 0 Å². The second-order valence-electron chi connectivity index (χ2n) is 7.40. The minimum Gasteiger partial charge on any atom is -0.496 e. The van der Waals surface area contributed by atoms with Crippen molar-refractivity contribution in [2.24, 2.45) is 5.92 Å². The summed E-state index contributed by atoms with van der Waals surface area (Å²) in [5.74, 6) is 3.64. The molecule has 0 atom stereocenters. The van der Waals surface area contributed by atoms with E-state index in [9.17, 15) is 0 Å². The Morgan fingerprint density at radius 2 is 1.87 bits per heavy atom. The van der Waals surface area contributed by atoms with Crippen LogP contribution in [0.15, 0.2) is 65.5 Å². The van der Waals surface area contributed by atoms with Crippen molar-refractivity contribution in [1.82, 2.24) is 19.9 Å². The smallest absolute Gasteiger partial charge is 0.232 e. The first-order valence-electron chi connectivity index (χ1n) is 10.2. The predicted molar refractivity (Wildman–Crippen MR) is 118 cm³/mol. The molecule has 2 heterocycles. The Balaban J connectivity index is 1.45. The number of nitrogens with zero attached hydrogens (tertiary/aromatic N) is 4. The van der Waals surface area contributed by atoms with Crippen LogP contribution in [0.2, 0.25) is 0 Å². The van der Waals surface area contributed by atoms with Gasteiger partial charge in [-0.05, 0) is 30.9 Å². The van der Waals surface area contributed by atoms with Crippen LogP contribution in [0.3, 0.4) is 0 Å². The molecule has 1 aliphatic rings. The van der Waals surface area contributed by atoms with Crippen LogP contribution in [0.1, 0.15) is 12.8 Å². The second kappa shape index (κ2) is 8.43. The van der Waals surface area contributed by atoms with Gasteiger partial charge in [-0.25, -0.2) is 4.98 Å². The molecule has 2 aromatic heterocycles. The van der Waals surface area contributed by atoms with Crippen molar-refractivity contribution >= 4 is 17.6 Å². The van der Waals surface area contributed by atoms with Gasteiger partial charge in [-0.15, -0.1) is 0 Å². The molecular weight excluding hydrogens is 392 g/mol. The third-order valence-electron chi connectivity index (χ3n) is 5.07. The van der Waals surface area contributed by atoms with Crippen LogP contribution >= 0.6 is 0 Å². The number of rotatable bonds is 8. The Bertz CT molecular complexity index is 1160. The molecule has 5 rings (SSSR count). The minimum atomic E-state index is 0.460. The number of ether oxygens (including phenoxy) is 1. The first-order valence-corrected chi connectivity index (χ1v) is 10.2. The number of anilines is 3. The lowest BCUT2D eigenvalue weighted by molar-refractivity contribution is 0.415. The molecule has 2 aromatic carbocycles. The van der Waals surface area contributed by atoms with Crippen molar-refractivity contribution < 1.29 is 9.15 Å². The zero-order chi connectivity index (χ0) is 21.0. The molecule has 0 amide bonds. The average molecular weight is 414 g/mol. The predicted octanol–water partition coefficient (Wildman–Crippen LogP) is 4.77. The highest BCUT2D eigenvalue weighted by Gasteiger charge is 2.21. The van der Waals surface area contributed by atoms with Gasteiger partial charge in [0, 0.05) is 23.9 Å². The topological polar surface area (TPSA) is 98.0 Å². The zero-order valence-electron chi connectivity index (χ0n) is 17.1. The van der Waals surface area contributed by atoms with E-state index in [2.05, 4.69) is 30.6 Å². The van der Waals surface area contributed by atoms with Gasteiger partial charge in [0.2, 0.25) is 11.9 Å². The lowest BCUT2D eigenvalue weighted by atomic mass is 10.1. The highest BCUT2D eigenvalue weighted by molar-refractivity contribution is 5.71. The summed E-state index contributed by atoms with van der Waals surface area (Å²) in [5, 5.41) is 6.62. The summed E-state index contributed by atoms with van der Waals surface area (Å²) >= 11 is 0. The van der Waals surface area contributed by atoms with Crippen molar-refractivity contribution in [2.75, 3.05) is 24.3 Å². The second-order valence-corrected chi connectivity index (χ2v) is 7.40. The molecule has 0 unspecified atom stereocenters. The van der Waals surface area contributed by atoms with Crippen LogP contribution in [0.25, 0.3) is 22.7 Å². The number of nitrogens with one attached hydrogen (secondary N) is 2. The van der Waals surface area contributed by atoms with Crippen LogP contribution in [-0.4, -0.2) is 33.6 Å². The van der Waals surface area contributed by atoms with Crippen LogP contribution < -0.4 is 15.4 Å². The molecule has 1 saturated carbocycles. The van der Waals surface area contributed by atoms with Gasteiger partial charge in [0.1, 0.15) is 5.75 Å². The Kier molecular flexibility index (Phi) is 5.18. The molecule has 156 valence electrons. The number of hydrogen-bond donors (Lipinski definition) is 2. The van der Waals surface area contributed by atoms with Crippen molar-refractivity contribution in [3.63, 3.8) is 0 Å². The summed E-state index contributed by atoms with van der Waals surface area (Å²) in [6.07, 6.45) is 5.56. The summed E-state index contributed by atoms with van der Waals surface area (Å²) in [5.41, 5.74) is 2.54. The fourth-order valence-corrected chi connectivity index (χ4v) is 3.24. The fourth-order valence-electron chi connectivity index (χ4n) is 3.24. The maximum absolute atomic E-state index is 5.54. The van der Waals surface area contributed by atoms with Gasteiger partial charge in [0.05, 0.1) is 18.9 Å². The molecule has 2 N–H and O–H groups in total. The van der Waals surface area contributed by atoms with Gasteiger partial charge in [-0.1, -0.05) is 30.3 Å². The van der Waals surface area contributed by atoms with Crippen LogP contribution in [0, 0.1) is 5.92 Å². The fraction of sp³-hybridized carbons (Fsp3) is 0.217.